The van der Waals surface area contributed by atoms with Crippen LogP contribution >= 0.6 is 0 Å². The van der Waals surface area contributed by atoms with Gasteiger partial charge in [0.25, 0.3) is 6.43 Å². The number of alkyl halides is 2. The maximum absolute atomic E-state index is 12.5. The molecule has 0 bridgehead atoms. The molecule has 27 heavy (non-hydrogen) atoms. The van der Waals surface area contributed by atoms with Crippen molar-refractivity contribution in [1.29, 1.82) is 0 Å². The second-order valence-electron chi connectivity index (χ2n) is 7.32. The van der Waals surface area contributed by atoms with Crippen molar-refractivity contribution in [3.05, 3.63) is 41.5 Å². The molecule has 4 nitrogen and oxygen atoms in total. The number of rotatable bonds is 8. The normalized spacial score (nSPS) is 18.7. The van der Waals surface area contributed by atoms with E-state index in [0.29, 0.717) is 13.1 Å². The lowest BCUT2D eigenvalue weighted by atomic mass is 10.0. The minimum Gasteiger partial charge on any atom is -0.305 e. The van der Waals surface area contributed by atoms with Crippen LogP contribution in [0.15, 0.2) is 35.3 Å². The highest BCUT2D eigenvalue weighted by atomic mass is 19.3. The largest absolute Gasteiger partial charge is 0.305 e. The second-order valence-corrected chi connectivity index (χ2v) is 7.32. The van der Waals surface area contributed by atoms with Gasteiger partial charge in [-0.25, -0.2) is 8.78 Å². The highest BCUT2D eigenvalue weighted by Crippen LogP contribution is 2.16. The zero-order valence-corrected chi connectivity index (χ0v) is 16.9. The number of halogens is 2. The summed E-state index contributed by atoms with van der Waals surface area (Å²) in [4.78, 5) is 10.9. The zero-order chi connectivity index (χ0) is 19.8. The van der Waals surface area contributed by atoms with Crippen LogP contribution in [0.4, 0.5) is 8.78 Å². The average Bonchev–Trinajstić information content (AvgIpc) is 2.62. The zero-order valence-electron chi connectivity index (χ0n) is 16.9. The molecule has 0 amide bonds. The van der Waals surface area contributed by atoms with Crippen molar-refractivity contribution in [3.63, 3.8) is 0 Å². The molecule has 1 aromatic carbocycles. The van der Waals surface area contributed by atoms with Crippen LogP contribution in [0.3, 0.4) is 0 Å². The summed E-state index contributed by atoms with van der Waals surface area (Å²) in [5, 5.41) is 0. The molecule has 0 aromatic heterocycles. The molecule has 1 aliphatic rings. The van der Waals surface area contributed by atoms with Gasteiger partial charge in [0.1, 0.15) is 0 Å². The van der Waals surface area contributed by atoms with E-state index < -0.39 is 6.43 Å². The molecular weight excluding hydrogens is 346 g/mol. The Morgan fingerprint density at radius 2 is 1.93 bits per heavy atom. The first-order chi connectivity index (χ1) is 12.9. The maximum atomic E-state index is 12.5. The van der Waals surface area contributed by atoms with Crippen molar-refractivity contribution < 1.29 is 8.78 Å². The van der Waals surface area contributed by atoms with Crippen LogP contribution in [0.1, 0.15) is 25.0 Å². The third-order valence-corrected chi connectivity index (χ3v) is 4.83. The fourth-order valence-corrected chi connectivity index (χ4v) is 3.33. The van der Waals surface area contributed by atoms with Crippen LogP contribution in [0.2, 0.25) is 0 Å². The summed E-state index contributed by atoms with van der Waals surface area (Å²) in [5.74, 6) is 0. The molecule has 1 atom stereocenters. The van der Waals surface area contributed by atoms with E-state index in [1.165, 1.54) is 5.56 Å². The summed E-state index contributed by atoms with van der Waals surface area (Å²) in [6.07, 6.45) is 1.79. The van der Waals surface area contributed by atoms with Crippen LogP contribution in [-0.2, 0) is 6.54 Å². The van der Waals surface area contributed by atoms with Gasteiger partial charge in [0, 0.05) is 38.9 Å². The van der Waals surface area contributed by atoms with Gasteiger partial charge in [-0.15, -0.1) is 0 Å². The van der Waals surface area contributed by atoms with Crippen LogP contribution < -0.4 is 0 Å². The Labute approximate surface area is 162 Å². The van der Waals surface area contributed by atoms with Gasteiger partial charge >= 0.3 is 0 Å². The minimum absolute atomic E-state index is 0.0404. The van der Waals surface area contributed by atoms with Crippen molar-refractivity contribution in [2.45, 2.75) is 33.0 Å². The van der Waals surface area contributed by atoms with Gasteiger partial charge in [0.05, 0.1) is 12.7 Å². The number of aliphatic imine (C=N–C) groups is 1. The highest BCUT2D eigenvalue weighted by molar-refractivity contribution is 6.09. The molecule has 2 rings (SSSR count). The van der Waals surface area contributed by atoms with Crippen molar-refractivity contribution in [1.82, 2.24) is 14.7 Å². The summed E-state index contributed by atoms with van der Waals surface area (Å²) in [6, 6.07) is 8.52. The predicted octanol–water partition coefficient (Wildman–Crippen LogP) is 3.45. The van der Waals surface area contributed by atoms with Crippen LogP contribution in [-0.4, -0.2) is 80.3 Å². The quantitative estimate of drug-likeness (QED) is 0.647. The van der Waals surface area contributed by atoms with E-state index in [1.54, 1.807) is 0 Å². The van der Waals surface area contributed by atoms with Gasteiger partial charge in [-0.3, -0.25) is 14.8 Å². The number of hydrogen-bond donors (Lipinski definition) is 0. The van der Waals surface area contributed by atoms with Gasteiger partial charge in [-0.2, -0.15) is 0 Å². The van der Waals surface area contributed by atoms with Gasteiger partial charge in [-0.1, -0.05) is 24.3 Å². The lowest BCUT2D eigenvalue weighted by Crippen LogP contribution is -2.50. The number of hydrogen-bond acceptors (Lipinski definition) is 4. The standard InChI is InChI=1S/C21H32F2N4/c1-5-19(20-8-6-7-18(13-20)15-25(3)4)14-24-17(2)27-11-9-26(10-12-27)16-21(22)23/h5-8,13-14,17,21H,9-12,15-16H2,1-4H3/b19-5+,24-14-. The number of piperazine rings is 1. The minimum atomic E-state index is -2.26. The third-order valence-electron chi connectivity index (χ3n) is 4.83. The molecule has 1 heterocycles. The molecule has 0 aliphatic carbocycles. The number of nitrogens with zero attached hydrogens (tertiary/aromatic N) is 4. The van der Waals surface area contributed by atoms with E-state index in [2.05, 4.69) is 61.2 Å². The fourth-order valence-electron chi connectivity index (χ4n) is 3.33. The molecule has 6 heteroatoms. The molecule has 0 saturated carbocycles. The first-order valence-corrected chi connectivity index (χ1v) is 9.57. The van der Waals surface area contributed by atoms with Gasteiger partial charge in [-0.05, 0) is 50.7 Å². The lowest BCUT2D eigenvalue weighted by Gasteiger charge is -2.36. The van der Waals surface area contributed by atoms with Gasteiger partial charge in [0.15, 0.2) is 0 Å². The molecule has 1 fully saturated rings. The first-order valence-electron chi connectivity index (χ1n) is 9.57. The smallest absolute Gasteiger partial charge is 0.251 e. The Hall–Kier alpha value is -1.63. The highest BCUT2D eigenvalue weighted by Gasteiger charge is 2.22. The topological polar surface area (TPSA) is 22.1 Å². The molecule has 150 valence electrons. The first kappa shape index (κ1) is 21.7. The molecule has 0 N–H and O–H groups in total. The van der Waals surface area contributed by atoms with Crippen molar-refractivity contribution in [2.75, 3.05) is 46.8 Å². The molecule has 1 unspecified atom stereocenters. The van der Waals surface area contributed by atoms with Crippen molar-refractivity contribution in [3.8, 4) is 0 Å². The Bertz CT molecular complexity index is 635. The summed E-state index contributed by atoms with van der Waals surface area (Å²) in [7, 11) is 4.13. The number of allylic oxidation sites excluding steroid dienone is 2. The van der Waals surface area contributed by atoms with Gasteiger partial charge in [0.2, 0.25) is 0 Å². The second kappa shape index (κ2) is 10.6. The average molecular weight is 379 g/mol. The monoisotopic (exact) mass is 378 g/mol. The summed E-state index contributed by atoms with van der Waals surface area (Å²) in [6.45, 7) is 7.76. The SMILES string of the molecule is C/C=C(\C=N/C(C)N1CCN(CC(F)F)CC1)c1cccc(CN(C)C)c1. The summed E-state index contributed by atoms with van der Waals surface area (Å²) >= 11 is 0. The Morgan fingerprint density at radius 3 is 2.52 bits per heavy atom. The lowest BCUT2D eigenvalue weighted by molar-refractivity contribution is 0.0471. The van der Waals surface area contributed by atoms with E-state index in [-0.39, 0.29) is 12.7 Å². The Kier molecular flexibility index (Phi) is 8.54. The van der Waals surface area contributed by atoms with E-state index in [4.69, 9.17) is 4.99 Å². The van der Waals surface area contributed by atoms with Crippen LogP contribution in [0.25, 0.3) is 5.57 Å². The molecular formula is C21H32F2N4. The third kappa shape index (κ3) is 7.13. The summed E-state index contributed by atoms with van der Waals surface area (Å²) in [5.41, 5.74) is 3.53. The van der Waals surface area contributed by atoms with Crippen molar-refractivity contribution in [2.24, 2.45) is 4.99 Å². The number of benzene rings is 1. The fraction of sp³-hybridized carbons (Fsp3) is 0.571. The Balaban J connectivity index is 1.95. The predicted molar refractivity (Wildman–Crippen MR) is 109 cm³/mol. The van der Waals surface area contributed by atoms with Crippen LogP contribution in [0, 0.1) is 0 Å². The van der Waals surface area contributed by atoms with Crippen molar-refractivity contribution >= 4 is 11.8 Å². The molecule has 1 saturated heterocycles. The van der Waals surface area contributed by atoms with E-state index >= 15 is 0 Å². The van der Waals surface area contributed by atoms with E-state index in [0.717, 1.165) is 30.8 Å². The summed E-state index contributed by atoms with van der Waals surface area (Å²) < 4.78 is 25.0. The molecule has 1 aromatic rings. The van der Waals surface area contributed by atoms with E-state index in [1.807, 2.05) is 18.0 Å². The Morgan fingerprint density at radius 1 is 1.22 bits per heavy atom. The molecule has 0 radical (unpaired) electrons. The molecule has 0 spiro atoms. The van der Waals surface area contributed by atoms with Crippen LogP contribution in [0.5, 0.6) is 0 Å². The van der Waals surface area contributed by atoms with E-state index in [9.17, 15) is 8.78 Å². The molecule has 1 aliphatic heterocycles. The maximum Gasteiger partial charge on any atom is 0.251 e. The van der Waals surface area contributed by atoms with Gasteiger partial charge < -0.3 is 4.90 Å².